The maximum absolute atomic E-state index is 14.0. The summed E-state index contributed by atoms with van der Waals surface area (Å²) in [5, 5.41) is 36.0. The number of fused-ring (bicyclic) bond motifs is 1. The van der Waals surface area contributed by atoms with Crippen molar-refractivity contribution in [2.24, 2.45) is 0 Å². The molecule has 5 N–H and O–H groups in total. The second-order valence-corrected chi connectivity index (χ2v) is 16.6. The summed E-state index contributed by atoms with van der Waals surface area (Å²) in [7, 11) is 0. The Hall–Kier alpha value is -6.18. The van der Waals surface area contributed by atoms with Gasteiger partial charge in [-0.1, -0.05) is 96.0 Å². The molecule has 0 spiro atoms. The number of carboxylic acid groups (broad SMARTS) is 1. The second-order valence-electron chi connectivity index (χ2n) is 15.8. The first-order valence-corrected chi connectivity index (χ1v) is 21.5. The van der Waals surface area contributed by atoms with Gasteiger partial charge in [-0.25, -0.2) is 0 Å². The minimum Gasteiger partial charge on any atom is -0.506 e. The van der Waals surface area contributed by atoms with Gasteiger partial charge in [-0.3, -0.25) is 19.2 Å². The number of likely N-dealkylation sites (tertiary alicyclic amines) is 1. The van der Waals surface area contributed by atoms with E-state index in [1.165, 1.54) is 12.1 Å². The number of hydrogen-bond donors (Lipinski definition) is 5. The number of hydrogen-bond acceptors (Lipinski definition) is 8. The summed E-state index contributed by atoms with van der Waals surface area (Å²) in [5.41, 5.74) is 2.62. The molecule has 5 aromatic carbocycles. The van der Waals surface area contributed by atoms with E-state index in [0.717, 1.165) is 22.3 Å². The lowest BCUT2D eigenvalue weighted by Crippen LogP contribution is -2.49. The van der Waals surface area contributed by atoms with Crippen LogP contribution < -0.4 is 15.6 Å². The minimum absolute atomic E-state index is 0.0729. The molecular weight excluding hydrogens is 843 g/mol. The lowest BCUT2D eigenvalue weighted by Gasteiger charge is -2.39. The smallest absolute Gasteiger partial charge is 0.314 e. The summed E-state index contributed by atoms with van der Waals surface area (Å²) in [5.74, 6) is -0.0602. The number of nitrogens with one attached hydrogen (secondary N) is 2. The van der Waals surface area contributed by atoms with Gasteiger partial charge in [-0.2, -0.15) is 0 Å². The zero-order valence-electron chi connectivity index (χ0n) is 34.4. The van der Waals surface area contributed by atoms with Gasteiger partial charge >= 0.3 is 5.97 Å². The number of phenols is 1. The first-order valence-electron chi connectivity index (χ1n) is 20.8. The van der Waals surface area contributed by atoms with E-state index in [9.17, 15) is 34.5 Å². The first kappa shape index (κ1) is 44.9. The Bertz CT molecular complexity index is 2630. The molecular formula is C49H48Cl2N4O8. The Labute approximate surface area is 374 Å². The number of ether oxygens (including phenoxy) is 1. The number of piperidine rings is 1. The predicted octanol–water partition coefficient (Wildman–Crippen LogP) is 7.80. The van der Waals surface area contributed by atoms with E-state index in [2.05, 4.69) is 10.3 Å². The SMILES string of the molecule is O=C(Cc1ccc(CC(=O)N(CCCNCC(O)c2ccc(O)c3[nH]c(=O)ccc23)Cc2cccc(Oc3ccc(Cl)c(Cl)c3)c2)cc1)N1CCC(C(=O)O)(c2ccccc2)CC1. The summed E-state index contributed by atoms with van der Waals surface area (Å²) in [4.78, 5) is 57.8. The number of benzene rings is 5. The van der Waals surface area contributed by atoms with Gasteiger partial charge < -0.3 is 40.2 Å². The number of H-pyrrole nitrogens is 1. The van der Waals surface area contributed by atoms with Gasteiger partial charge in [0, 0.05) is 50.2 Å². The van der Waals surface area contributed by atoms with Crippen LogP contribution in [0.25, 0.3) is 10.9 Å². The van der Waals surface area contributed by atoms with E-state index >= 15 is 0 Å². The van der Waals surface area contributed by atoms with E-state index in [-0.39, 0.29) is 48.0 Å². The van der Waals surface area contributed by atoms with Gasteiger partial charge in [0.2, 0.25) is 17.4 Å². The average molecular weight is 892 g/mol. The Balaban J connectivity index is 0.974. The molecule has 1 aliphatic heterocycles. The van der Waals surface area contributed by atoms with Gasteiger partial charge in [0.15, 0.2) is 0 Å². The number of carbonyl (C=O) groups is 3. The summed E-state index contributed by atoms with van der Waals surface area (Å²) in [6.07, 6.45) is 0.601. The molecule has 1 fully saturated rings. The molecule has 1 atom stereocenters. The zero-order chi connectivity index (χ0) is 44.5. The molecule has 2 heterocycles. The number of carboxylic acids is 1. The fourth-order valence-corrected chi connectivity index (χ4v) is 8.35. The second kappa shape index (κ2) is 20.3. The molecule has 7 rings (SSSR count). The van der Waals surface area contributed by atoms with Gasteiger partial charge in [-0.15, -0.1) is 0 Å². The number of aromatic amines is 1. The lowest BCUT2D eigenvalue weighted by molar-refractivity contribution is -0.148. The molecule has 14 heteroatoms. The highest BCUT2D eigenvalue weighted by atomic mass is 35.5. The number of amides is 2. The van der Waals surface area contributed by atoms with Crippen molar-refractivity contribution in [2.75, 3.05) is 32.7 Å². The number of halogens is 2. The van der Waals surface area contributed by atoms with E-state index in [4.69, 9.17) is 27.9 Å². The number of nitrogens with zero attached hydrogens (tertiary/aromatic N) is 2. The fraction of sp³-hybridized carbons (Fsp3) is 0.265. The fourth-order valence-electron chi connectivity index (χ4n) is 8.06. The Kier molecular flexibility index (Phi) is 14.5. The zero-order valence-corrected chi connectivity index (χ0v) is 35.9. The van der Waals surface area contributed by atoms with E-state index < -0.39 is 17.5 Å². The number of phenolic OH excluding ortho intramolecular Hbond substituents is 1. The molecule has 326 valence electrons. The van der Waals surface area contributed by atoms with Crippen LogP contribution >= 0.6 is 23.2 Å². The van der Waals surface area contributed by atoms with Crippen molar-refractivity contribution in [3.63, 3.8) is 0 Å². The Morgan fingerprint density at radius 2 is 1.52 bits per heavy atom. The molecule has 6 aromatic rings. The minimum atomic E-state index is -1.02. The molecule has 1 aliphatic rings. The predicted molar refractivity (Wildman–Crippen MR) is 242 cm³/mol. The van der Waals surface area contributed by atoms with E-state index in [1.807, 2.05) is 78.9 Å². The number of aliphatic hydroxyl groups excluding tert-OH is 1. The number of aromatic nitrogens is 1. The largest absolute Gasteiger partial charge is 0.506 e. The highest BCUT2D eigenvalue weighted by Gasteiger charge is 2.43. The van der Waals surface area contributed by atoms with Crippen LogP contribution in [0.15, 0.2) is 126 Å². The number of aliphatic carboxylic acids is 1. The normalized spacial score (nSPS) is 14.0. The summed E-state index contributed by atoms with van der Waals surface area (Å²) in [6.45, 7) is 2.08. The van der Waals surface area contributed by atoms with Crippen LogP contribution in [0.3, 0.4) is 0 Å². The van der Waals surface area contributed by atoms with Gasteiger partial charge in [-0.05, 0) is 90.0 Å². The molecule has 1 unspecified atom stereocenters. The number of rotatable bonds is 17. The number of aromatic hydroxyl groups is 1. The highest BCUT2D eigenvalue weighted by Crippen LogP contribution is 2.36. The van der Waals surface area contributed by atoms with Crippen molar-refractivity contribution in [1.29, 1.82) is 0 Å². The molecule has 0 bridgehead atoms. The van der Waals surface area contributed by atoms with Crippen molar-refractivity contribution in [3.8, 4) is 17.2 Å². The molecule has 63 heavy (non-hydrogen) atoms. The van der Waals surface area contributed by atoms with Crippen molar-refractivity contribution < 1.29 is 34.4 Å². The number of aliphatic hydroxyl groups is 1. The van der Waals surface area contributed by atoms with Crippen LogP contribution in [0, 0.1) is 0 Å². The van der Waals surface area contributed by atoms with Crippen LogP contribution in [-0.2, 0) is 39.2 Å². The van der Waals surface area contributed by atoms with Gasteiger partial charge in [0.05, 0.1) is 39.9 Å². The van der Waals surface area contributed by atoms with Crippen molar-refractivity contribution in [3.05, 3.63) is 170 Å². The van der Waals surface area contributed by atoms with Crippen molar-refractivity contribution in [2.45, 2.75) is 50.2 Å². The third-order valence-electron chi connectivity index (χ3n) is 11.6. The lowest BCUT2D eigenvalue weighted by atomic mass is 9.73. The average Bonchev–Trinajstić information content (AvgIpc) is 3.28. The highest BCUT2D eigenvalue weighted by molar-refractivity contribution is 6.42. The molecule has 2 amide bonds. The number of pyridine rings is 1. The van der Waals surface area contributed by atoms with Crippen LogP contribution in [0.5, 0.6) is 17.2 Å². The third-order valence-corrected chi connectivity index (χ3v) is 12.3. The Morgan fingerprint density at radius 3 is 2.24 bits per heavy atom. The summed E-state index contributed by atoms with van der Waals surface area (Å²) < 4.78 is 6.06. The number of carbonyl (C=O) groups excluding carboxylic acids is 2. The van der Waals surface area contributed by atoms with E-state index in [1.54, 1.807) is 40.1 Å². The monoisotopic (exact) mass is 890 g/mol. The summed E-state index contributed by atoms with van der Waals surface area (Å²) in [6, 6.07) is 35.1. The van der Waals surface area contributed by atoms with E-state index in [0.29, 0.717) is 84.5 Å². The molecule has 1 aromatic heterocycles. The third kappa shape index (κ3) is 11.1. The van der Waals surface area contributed by atoms with Crippen LogP contribution in [-0.4, -0.2) is 80.6 Å². The molecule has 0 radical (unpaired) electrons. The van der Waals surface area contributed by atoms with Crippen molar-refractivity contribution >= 4 is 51.9 Å². The topological polar surface area (TPSA) is 172 Å². The van der Waals surface area contributed by atoms with Crippen LogP contribution in [0.4, 0.5) is 0 Å². The van der Waals surface area contributed by atoms with Gasteiger partial charge in [0.25, 0.3) is 0 Å². The molecule has 1 saturated heterocycles. The van der Waals surface area contributed by atoms with Gasteiger partial charge in [0.1, 0.15) is 17.2 Å². The molecule has 0 aliphatic carbocycles. The maximum atomic E-state index is 14.0. The van der Waals surface area contributed by atoms with Crippen LogP contribution in [0.2, 0.25) is 10.0 Å². The first-order chi connectivity index (χ1) is 30.4. The summed E-state index contributed by atoms with van der Waals surface area (Å²) >= 11 is 12.3. The standard InChI is InChI=1S/C49H48Cl2N4O8/c50-40-17-14-37(29-41(40)51)63-36-9-4-6-34(26-36)31-55(23-5-22-52-30-43(57)38-15-18-42(56)47-39(38)16-19-44(58)53-47)46(60)28-33-12-10-32(11-13-33)27-45(59)54-24-20-49(21-25-54,48(61)62)35-7-2-1-3-8-35/h1-4,6-19,26,29,43,52,56-57H,5,20-25,27-28,30-31H2,(H,53,58)(H,61,62). The molecule has 12 nitrogen and oxygen atoms in total. The van der Waals surface area contributed by atoms with Crippen LogP contribution in [0.1, 0.15) is 53.2 Å². The Morgan fingerprint density at radius 1 is 0.810 bits per heavy atom. The molecule has 0 saturated carbocycles. The maximum Gasteiger partial charge on any atom is 0.314 e. The van der Waals surface area contributed by atoms with Crippen molar-refractivity contribution in [1.82, 2.24) is 20.1 Å². The quantitative estimate of drug-likeness (QED) is 0.0573.